The van der Waals surface area contributed by atoms with Crippen molar-refractivity contribution >= 4 is 5.91 Å². The second kappa shape index (κ2) is 11.1. The normalized spacial score (nSPS) is 11.9. The van der Waals surface area contributed by atoms with E-state index in [4.69, 9.17) is 0 Å². The predicted molar refractivity (Wildman–Crippen MR) is 94.7 cm³/mol. The summed E-state index contributed by atoms with van der Waals surface area (Å²) in [4.78, 5) is 11.6. The molecule has 0 aromatic rings. The summed E-state index contributed by atoms with van der Waals surface area (Å²) >= 11 is 0. The minimum Gasteiger partial charge on any atom is -0.356 e. The number of nitrogens with one attached hydrogen (secondary N) is 2. The molecule has 0 unspecified atom stereocenters. The van der Waals surface area contributed by atoms with Crippen molar-refractivity contribution in [3.05, 3.63) is 0 Å². The molecule has 0 bridgehead atoms. The van der Waals surface area contributed by atoms with Crippen LogP contribution in [0, 0.1) is 5.41 Å². The summed E-state index contributed by atoms with van der Waals surface area (Å²) < 4.78 is 0. The Hall–Kier alpha value is -0.570. The summed E-state index contributed by atoms with van der Waals surface area (Å²) in [6.07, 6.45) is 6.32. The van der Waals surface area contributed by atoms with Crippen LogP contribution in [0.2, 0.25) is 0 Å². The molecule has 0 fully saturated rings. The van der Waals surface area contributed by atoms with Crippen LogP contribution in [0.1, 0.15) is 87.5 Å². The quantitative estimate of drug-likeness (QED) is 0.615. The van der Waals surface area contributed by atoms with Crippen LogP contribution in [-0.4, -0.2) is 24.5 Å². The number of unbranched alkanes of at least 4 members (excludes halogenated alkanes) is 2. The Morgan fingerprint density at radius 2 is 1.48 bits per heavy atom. The first-order chi connectivity index (χ1) is 9.10. The molecule has 3 heteroatoms. The lowest BCUT2D eigenvalue weighted by Crippen LogP contribution is -2.37. The van der Waals surface area contributed by atoms with Crippen LogP contribution in [0.25, 0.3) is 0 Å². The first-order valence-electron chi connectivity index (χ1n) is 8.12. The van der Waals surface area contributed by atoms with E-state index in [1.54, 1.807) is 0 Å². The molecule has 0 radical (unpaired) electrons. The lowest BCUT2D eigenvalue weighted by Gasteiger charge is -2.20. The summed E-state index contributed by atoms with van der Waals surface area (Å²) in [5.74, 6) is 0.205. The van der Waals surface area contributed by atoms with E-state index in [0.717, 1.165) is 32.4 Å². The maximum absolute atomic E-state index is 11.6. The minimum atomic E-state index is 0. The summed E-state index contributed by atoms with van der Waals surface area (Å²) in [7, 11) is 0. The molecule has 128 valence electrons. The first-order valence-corrected chi connectivity index (χ1v) is 8.12. The fourth-order valence-electron chi connectivity index (χ4n) is 1.99. The molecule has 0 rings (SSSR count). The maximum Gasteiger partial charge on any atom is 0.219 e. The Morgan fingerprint density at radius 1 is 0.857 bits per heavy atom. The van der Waals surface area contributed by atoms with Gasteiger partial charge in [-0.05, 0) is 52.0 Å². The molecule has 21 heavy (non-hydrogen) atoms. The van der Waals surface area contributed by atoms with E-state index in [1.165, 1.54) is 12.8 Å². The Balaban J connectivity index is 0. The number of carbonyl (C=O) groups excluding carboxylic acids is 1. The van der Waals surface area contributed by atoms with Gasteiger partial charge in [-0.2, -0.15) is 0 Å². The van der Waals surface area contributed by atoms with Crippen molar-refractivity contribution in [2.24, 2.45) is 5.41 Å². The van der Waals surface area contributed by atoms with Gasteiger partial charge in [0.05, 0.1) is 0 Å². The highest BCUT2D eigenvalue weighted by molar-refractivity contribution is 5.75. The molecule has 0 heterocycles. The third-order valence-corrected chi connectivity index (χ3v) is 3.16. The fourth-order valence-corrected chi connectivity index (χ4v) is 1.99. The van der Waals surface area contributed by atoms with E-state index >= 15 is 0 Å². The van der Waals surface area contributed by atoms with E-state index < -0.39 is 0 Å². The van der Waals surface area contributed by atoms with Gasteiger partial charge in [0, 0.05) is 18.5 Å². The number of carbonyl (C=O) groups is 1. The molecular formula is C18H40N2O. The average molecular weight is 301 g/mol. The van der Waals surface area contributed by atoms with Crippen molar-refractivity contribution in [2.45, 2.75) is 93.0 Å². The van der Waals surface area contributed by atoms with Crippen LogP contribution in [0.3, 0.4) is 0 Å². The van der Waals surface area contributed by atoms with Gasteiger partial charge in [0.1, 0.15) is 0 Å². The minimum absolute atomic E-state index is 0. The van der Waals surface area contributed by atoms with Gasteiger partial charge in [0.2, 0.25) is 5.91 Å². The largest absolute Gasteiger partial charge is 0.356 e. The first kappa shape index (κ1) is 22.7. The third kappa shape index (κ3) is 19.4. The van der Waals surface area contributed by atoms with E-state index in [0.29, 0.717) is 11.8 Å². The van der Waals surface area contributed by atoms with Crippen LogP contribution < -0.4 is 10.6 Å². The Labute approximate surface area is 133 Å². The van der Waals surface area contributed by atoms with Gasteiger partial charge in [-0.15, -0.1) is 0 Å². The lowest BCUT2D eigenvalue weighted by molar-refractivity contribution is -0.121. The van der Waals surface area contributed by atoms with Crippen molar-refractivity contribution in [2.75, 3.05) is 13.1 Å². The van der Waals surface area contributed by atoms with Crippen molar-refractivity contribution in [3.8, 4) is 0 Å². The Bertz CT molecular complexity index is 235. The zero-order valence-electron chi connectivity index (χ0n) is 14.6. The van der Waals surface area contributed by atoms with Gasteiger partial charge < -0.3 is 10.6 Å². The van der Waals surface area contributed by atoms with Crippen molar-refractivity contribution < 1.29 is 4.79 Å². The van der Waals surface area contributed by atoms with Gasteiger partial charge in [0.15, 0.2) is 0 Å². The standard InChI is InChI=1S/C17H36N2O.CH4/c1-16(2,3)12-9-7-8-11-15(20)18-13-10-14-19-17(4,5)6;/h19H,7-14H2,1-6H3,(H,18,20);1H4. The Kier molecular flexibility index (Phi) is 12.0. The number of rotatable bonds is 9. The van der Waals surface area contributed by atoms with Crippen molar-refractivity contribution in [1.82, 2.24) is 10.6 Å². The van der Waals surface area contributed by atoms with Gasteiger partial charge in [0.25, 0.3) is 0 Å². The summed E-state index contributed by atoms with van der Waals surface area (Å²) in [5.41, 5.74) is 0.583. The van der Waals surface area contributed by atoms with Crippen LogP contribution in [0.4, 0.5) is 0 Å². The third-order valence-electron chi connectivity index (χ3n) is 3.16. The topological polar surface area (TPSA) is 41.1 Å². The Morgan fingerprint density at radius 3 is 2.00 bits per heavy atom. The average Bonchev–Trinajstić information content (AvgIpc) is 2.25. The monoisotopic (exact) mass is 300 g/mol. The predicted octanol–water partition coefficient (Wildman–Crippen LogP) is 4.51. The van der Waals surface area contributed by atoms with Crippen molar-refractivity contribution in [1.29, 1.82) is 0 Å². The smallest absolute Gasteiger partial charge is 0.219 e. The van der Waals surface area contributed by atoms with Crippen LogP contribution in [-0.2, 0) is 4.79 Å². The van der Waals surface area contributed by atoms with E-state index in [-0.39, 0.29) is 18.9 Å². The van der Waals surface area contributed by atoms with E-state index in [1.807, 2.05) is 0 Å². The van der Waals surface area contributed by atoms with E-state index in [9.17, 15) is 4.79 Å². The zero-order valence-corrected chi connectivity index (χ0v) is 14.6. The number of amides is 1. The molecular weight excluding hydrogens is 260 g/mol. The highest BCUT2D eigenvalue weighted by atomic mass is 16.1. The molecule has 0 atom stereocenters. The number of hydrogen-bond donors (Lipinski definition) is 2. The molecule has 0 aromatic heterocycles. The summed E-state index contributed by atoms with van der Waals surface area (Å²) in [6.45, 7) is 15.0. The molecule has 3 nitrogen and oxygen atoms in total. The van der Waals surface area contributed by atoms with Gasteiger partial charge in [-0.25, -0.2) is 0 Å². The molecule has 0 saturated carbocycles. The maximum atomic E-state index is 11.6. The van der Waals surface area contributed by atoms with Crippen LogP contribution in [0.15, 0.2) is 0 Å². The van der Waals surface area contributed by atoms with Gasteiger partial charge in [-0.3, -0.25) is 4.79 Å². The molecule has 0 aliphatic carbocycles. The molecule has 0 aromatic carbocycles. The zero-order chi connectivity index (χ0) is 15.6. The van der Waals surface area contributed by atoms with Crippen LogP contribution >= 0.6 is 0 Å². The molecule has 2 N–H and O–H groups in total. The van der Waals surface area contributed by atoms with Gasteiger partial charge >= 0.3 is 0 Å². The second-order valence-electron chi connectivity index (χ2n) is 8.00. The lowest BCUT2D eigenvalue weighted by atomic mass is 9.89. The molecule has 1 amide bonds. The second-order valence-corrected chi connectivity index (χ2v) is 8.00. The molecule has 0 spiro atoms. The molecule has 0 aliphatic heterocycles. The van der Waals surface area contributed by atoms with E-state index in [2.05, 4.69) is 52.2 Å². The fraction of sp³-hybridized carbons (Fsp3) is 0.944. The van der Waals surface area contributed by atoms with Crippen LogP contribution in [0.5, 0.6) is 0 Å². The summed E-state index contributed by atoms with van der Waals surface area (Å²) in [5, 5.41) is 6.42. The number of hydrogen-bond acceptors (Lipinski definition) is 2. The SMILES string of the molecule is C.CC(C)(C)CCCCCC(=O)NCCCNC(C)(C)C. The highest BCUT2D eigenvalue weighted by Gasteiger charge is 2.09. The molecule has 0 saturated heterocycles. The summed E-state index contributed by atoms with van der Waals surface area (Å²) in [6, 6.07) is 0. The molecule has 0 aliphatic rings. The highest BCUT2D eigenvalue weighted by Crippen LogP contribution is 2.22. The van der Waals surface area contributed by atoms with Crippen molar-refractivity contribution in [3.63, 3.8) is 0 Å². The van der Waals surface area contributed by atoms with Gasteiger partial charge in [-0.1, -0.05) is 41.0 Å².